The topological polar surface area (TPSA) is 216 Å². The molecule has 0 heterocycles. The standard InChI is InChI=1S/C39H54N2O11S/c1-4-5-6-9-12-15-31(42)16-13-10-7-8-11-14-17-33(39(50,38(48)49)27-35(43)44)36(45)40-34(37(46)47)26-28-18-20-29(21-19-28)30-22-24-32(25-23-30)53(51,52)41(2)3/h14,17-25,33-34,50H,4-13,15-16,26-27H2,1-3H3,(H,40,45)(H,43,44)(H,46,47)(H,48,49)/b17-14+. The van der Waals surface area contributed by atoms with E-state index in [1.807, 2.05) is 0 Å². The van der Waals surface area contributed by atoms with Crippen molar-refractivity contribution in [3.63, 3.8) is 0 Å². The lowest BCUT2D eigenvalue weighted by molar-refractivity contribution is -0.172. The van der Waals surface area contributed by atoms with Crippen LogP contribution in [0.4, 0.5) is 0 Å². The van der Waals surface area contributed by atoms with Crippen LogP contribution in [0.15, 0.2) is 65.6 Å². The van der Waals surface area contributed by atoms with Gasteiger partial charge in [0.1, 0.15) is 11.8 Å². The van der Waals surface area contributed by atoms with Crippen LogP contribution in [0.3, 0.4) is 0 Å². The van der Waals surface area contributed by atoms with E-state index in [4.69, 9.17) is 0 Å². The minimum absolute atomic E-state index is 0.122. The van der Waals surface area contributed by atoms with Crippen molar-refractivity contribution in [2.75, 3.05) is 14.1 Å². The molecule has 0 aliphatic carbocycles. The van der Waals surface area contributed by atoms with Crippen molar-refractivity contribution < 1.29 is 52.8 Å². The van der Waals surface area contributed by atoms with Crippen LogP contribution in [0.1, 0.15) is 96.0 Å². The van der Waals surface area contributed by atoms with Gasteiger partial charge < -0.3 is 25.7 Å². The second-order valence-electron chi connectivity index (χ2n) is 13.5. The van der Waals surface area contributed by atoms with E-state index in [1.54, 1.807) is 36.4 Å². The number of carbonyl (C=O) groups excluding carboxylic acids is 2. The number of unbranched alkanes of at least 4 members (excludes halogenated alkanes) is 8. The second-order valence-corrected chi connectivity index (χ2v) is 15.6. The number of sulfonamides is 1. The number of nitrogens with zero attached hydrogens (tertiary/aromatic N) is 1. The summed E-state index contributed by atoms with van der Waals surface area (Å²) in [4.78, 5) is 61.5. The van der Waals surface area contributed by atoms with E-state index in [0.29, 0.717) is 42.4 Å². The van der Waals surface area contributed by atoms with Crippen LogP contribution < -0.4 is 5.32 Å². The molecule has 53 heavy (non-hydrogen) atoms. The van der Waals surface area contributed by atoms with Crippen molar-refractivity contribution in [3.8, 4) is 11.1 Å². The Balaban J connectivity index is 2.08. The van der Waals surface area contributed by atoms with Gasteiger partial charge in [-0.25, -0.2) is 22.3 Å². The van der Waals surface area contributed by atoms with Crippen molar-refractivity contribution in [1.29, 1.82) is 0 Å². The van der Waals surface area contributed by atoms with Gasteiger partial charge in [-0.1, -0.05) is 94.0 Å². The number of hydrogen-bond acceptors (Lipinski definition) is 8. The lowest BCUT2D eigenvalue weighted by Gasteiger charge is -2.29. The molecule has 0 saturated carbocycles. The molecule has 0 fully saturated rings. The number of carboxylic acids is 3. The minimum atomic E-state index is -3.61. The van der Waals surface area contributed by atoms with E-state index in [0.717, 1.165) is 55.3 Å². The Bertz CT molecular complexity index is 1650. The van der Waals surface area contributed by atoms with Gasteiger partial charge in [0.15, 0.2) is 5.60 Å². The van der Waals surface area contributed by atoms with Gasteiger partial charge in [-0.2, -0.15) is 0 Å². The smallest absolute Gasteiger partial charge is 0.337 e. The quantitative estimate of drug-likeness (QED) is 0.0601. The summed E-state index contributed by atoms with van der Waals surface area (Å²) >= 11 is 0. The first-order valence-corrected chi connectivity index (χ1v) is 19.5. The average molecular weight is 759 g/mol. The van der Waals surface area contributed by atoms with Gasteiger partial charge >= 0.3 is 17.9 Å². The van der Waals surface area contributed by atoms with Crippen LogP contribution in [0.2, 0.25) is 0 Å². The fraction of sp³-hybridized carbons (Fsp3) is 0.513. The highest BCUT2D eigenvalue weighted by Crippen LogP contribution is 2.27. The molecule has 0 spiro atoms. The molecular weight excluding hydrogens is 704 g/mol. The van der Waals surface area contributed by atoms with Gasteiger partial charge in [0.05, 0.1) is 17.2 Å². The largest absolute Gasteiger partial charge is 0.481 e. The fourth-order valence-corrected chi connectivity index (χ4v) is 6.70. The highest BCUT2D eigenvalue weighted by molar-refractivity contribution is 7.89. The maximum absolute atomic E-state index is 13.4. The number of rotatable bonds is 26. The van der Waals surface area contributed by atoms with Crippen LogP contribution in [-0.4, -0.2) is 88.5 Å². The molecule has 0 saturated heterocycles. The van der Waals surface area contributed by atoms with Crippen molar-refractivity contribution in [2.24, 2.45) is 5.92 Å². The molecule has 0 aliphatic heterocycles. The van der Waals surface area contributed by atoms with Gasteiger partial charge in [0.25, 0.3) is 0 Å². The molecule has 2 aromatic carbocycles. The highest BCUT2D eigenvalue weighted by Gasteiger charge is 2.49. The molecule has 13 nitrogen and oxygen atoms in total. The maximum Gasteiger partial charge on any atom is 0.337 e. The zero-order valence-corrected chi connectivity index (χ0v) is 31.6. The molecule has 3 atom stereocenters. The third kappa shape index (κ3) is 14.5. The van der Waals surface area contributed by atoms with Crippen LogP contribution in [0.5, 0.6) is 0 Å². The van der Waals surface area contributed by atoms with Gasteiger partial charge in [-0.05, 0) is 54.5 Å². The van der Waals surface area contributed by atoms with Gasteiger partial charge in [0.2, 0.25) is 15.9 Å². The molecule has 0 aliphatic rings. The van der Waals surface area contributed by atoms with Crippen molar-refractivity contribution in [3.05, 3.63) is 66.2 Å². The number of nitrogens with one attached hydrogen (secondary N) is 1. The zero-order chi connectivity index (χ0) is 39.6. The molecule has 2 aromatic rings. The highest BCUT2D eigenvalue weighted by atomic mass is 32.2. The van der Waals surface area contributed by atoms with Crippen molar-refractivity contribution >= 4 is 39.6 Å². The summed E-state index contributed by atoms with van der Waals surface area (Å²) in [5.74, 6) is -7.89. The number of amides is 1. The number of Topliss-reactive ketones (excluding diaryl/α,β-unsaturated/α-hetero) is 1. The normalized spacial score (nSPS) is 14.1. The molecule has 0 bridgehead atoms. The summed E-state index contributed by atoms with van der Waals surface area (Å²) in [5, 5.41) is 42.4. The number of carbonyl (C=O) groups is 5. The van der Waals surface area contributed by atoms with E-state index < -0.39 is 57.8 Å². The third-order valence-corrected chi connectivity index (χ3v) is 10.9. The van der Waals surface area contributed by atoms with E-state index in [2.05, 4.69) is 12.2 Å². The van der Waals surface area contributed by atoms with Crippen LogP contribution in [-0.2, 0) is 40.4 Å². The van der Waals surface area contributed by atoms with Gasteiger partial charge in [-0.3, -0.25) is 14.4 Å². The Hall–Kier alpha value is -4.40. The third-order valence-electron chi connectivity index (χ3n) is 9.03. The van der Waals surface area contributed by atoms with Crippen molar-refractivity contribution in [1.82, 2.24) is 9.62 Å². The summed E-state index contributed by atoms with van der Waals surface area (Å²) in [6, 6.07) is 11.3. The van der Waals surface area contributed by atoms with Gasteiger partial charge in [0, 0.05) is 33.4 Å². The average Bonchev–Trinajstić information content (AvgIpc) is 3.10. The number of ketones is 1. The maximum atomic E-state index is 13.4. The molecule has 0 aromatic heterocycles. The number of hydrogen-bond donors (Lipinski definition) is 5. The van der Waals surface area contributed by atoms with Crippen LogP contribution in [0, 0.1) is 5.92 Å². The summed E-state index contributed by atoms with van der Waals surface area (Å²) in [7, 11) is -0.743. The molecule has 2 rings (SSSR count). The van der Waals surface area contributed by atoms with Crippen LogP contribution >= 0.6 is 0 Å². The Morgan fingerprint density at radius 2 is 1.32 bits per heavy atom. The van der Waals surface area contributed by atoms with Gasteiger partial charge in [-0.15, -0.1) is 0 Å². The summed E-state index contributed by atoms with van der Waals surface area (Å²) in [6.45, 7) is 2.14. The fourth-order valence-electron chi connectivity index (χ4n) is 5.79. The monoisotopic (exact) mass is 758 g/mol. The molecule has 292 valence electrons. The first-order valence-electron chi connectivity index (χ1n) is 18.0. The molecule has 3 unspecified atom stereocenters. The number of aliphatic carboxylic acids is 3. The minimum Gasteiger partial charge on any atom is -0.481 e. The van der Waals surface area contributed by atoms with Crippen molar-refractivity contribution in [2.45, 2.75) is 113 Å². The lowest BCUT2D eigenvalue weighted by atomic mass is 9.82. The zero-order valence-electron chi connectivity index (χ0n) is 30.8. The predicted octanol–water partition coefficient (Wildman–Crippen LogP) is 5.45. The second kappa shape index (κ2) is 22.0. The first kappa shape index (κ1) is 44.8. The molecule has 0 radical (unpaired) electrons. The van der Waals surface area contributed by atoms with E-state index in [9.17, 15) is 52.8 Å². The molecule has 1 amide bonds. The number of aliphatic hydroxyl groups is 1. The Kier molecular flexibility index (Phi) is 18.5. The molecule has 14 heteroatoms. The first-order chi connectivity index (χ1) is 25.0. The lowest BCUT2D eigenvalue weighted by Crippen LogP contribution is -2.55. The van der Waals surface area contributed by atoms with E-state index >= 15 is 0 Å². The summed E-state index contributed by atoms with van der Waals surface area (Å²) in [5.41, 5.74) is -1.15. The molecule has 5 N–H and O–H groups in total. The van der Waals surface area contributed by atoms with Crippen LogP contribution in [0.25, 0.3) is 11.1 Å². The summed E-state index contributed by atoms with van der Waals surface area (Å²) < 4.78 is 25.8. The SMILES string of the molecule is CCCCCCCC(=O)CCCCCC/C=C/C(C(=O)NC(Cc1ccc(-c2ccc(S(=O)(=O)N(C)C)cc2)cc1)C(=O)O)C(O)(CC(=O)O)C(=O)O. The Morgan fingerprint density at radius 1 is 0.792 bits per heavy atom. The number of allylic oxidation sites excluding steroid dienone is 1. The predicted molar refractivity (Wildman–Crippen MR) is 200 cm³/mol. The number of carboxylic acid groups (broad SMARTS) is 3. The number of benzene rings is 2. The Morgan fingerprint density at radius 3 is 1.81 bits per heavy atom. The summed E-state index contributed by atoms with van der Waals surface area (Å²) in [6.07, 6.45) is 10.9. The van der Waals surface area contributed by atoms with E-state index in [1.165, 1.54) is 38.7 Å². The Labute approximate surface area is 312 Å². The van der Waals surface area contributed by atoms with E-state index in [-0.39, 0.29) is 17.1 Å². The molecular formula is C39H54N2O11S.